The first-order chi connectivity index (χ1) is 14.5. The van der Waals surface area contributed by atoms with Gasteiger partial charge in [-0.2, -0.15) is 0 Å². The number of aryl methyl sites for hydroxylation is 2. The Morgan fingerprint density at radius 1 is 1.20 bits per heavy atom. The normalized spacial score (nSPS) is 19.3. The van der Waals surface area contributed by atoms with Crippen molar-refractivity contribution in [1.82, 2.24) is 29.4 Å². The highest BCUT2D eigenvalue weighted by atomic mass is 16.5. The van der Waals surface area contributed by atoms with Gasteiger partial charge in [-0.25, -0.2) is 19.9 Å². The number of carbonyl (C=O) groups is 1. The van der Waals surface area contributed by atoms with Crippen molar-refractivity contribution in [3.8, 4) is 11.4 Å². The molecular formula is C21H27N7O2. The third kappa shape index (κ3) is 3.97. The maximum Gasteiger partial charge on any atom is 0.242 e. The summed E-state index contributed by atoms with van der Waals surface area (Å²) in [7, 11) is 0. The lowest BCUT2D eigenvalue weighted by atomic mass is 10.2. The molecule has 0 bridgehead atoms. The van der Waals surface area contributed by atoms with Gasteiger partial charge in [-0.1, -0.05) is 0 Å². The Morgan fingerprint density at radius 3 is 2.57 bits per heavy atom. The predicted molar refractivity (Wildman–Crippen MR) is 114 cm³/mol. The van der Waals surface area contributed by atoms with Crippen LogP contribution < -0.4 is 5.32 Å². The van der Waals surface area contributed by atoms with Crippen molar-refractivity contribution in [2.45, 2.75) is 46.4 Å². The van der Waals surface area contributed by atoms with E-state index in [0.717, 1.165) is 28.2 Å². The van der Waals surface area contributed by atoms with Gasteiger partial charge in [-0.3, -0.25) is 4.79 Å². The van der Waals surface area contributed by atoms with E-state index in [-0.39, 0.29) is 24.7 Å². The zero-order valence-corrected chi connectivity index (χ0v) is 17.8. The van der Waals surface area contributed by atoms with Gasteiger partial charge in [-0.15, -0.1) is 0 Å². The van der Waals surface area contributed by atoms with E-state index in [0.29, 0.717) is 25.5 Å². The zero-order chi connectivity index (χ0) is 21.3. The number of imidazole rings is 1. The maximum absolute atomic E-state index is 12.7. The van der Waals surface area contributed by atoms with Crippen molar-refractivity contribution >= 4 is 22.8 Å². The fourth-order valence-corrected chi connectivity index (χ4v) is 3.85. The third-order valence-electron chi connectivity index (χ3n) is 5.19. The van der Waals surface area contributed by atoms with Crippen LogP contribution in [0.5, 0.6) is 0 Å². The molecule has 3 aromatic rings. The number of rotatable bonds is 5. The smallest absolute Gasteiger partial charge is 0.242 e. The number of carbonyl (C=O) groups excluding carboxylic acids is 1. The number of nitrogens with one attached hydrogen (secondary N) is 1. The number of morpholine rings is 1. The molecule has 1 aliphatic rings. The number of hydrogen-bond acceptors (Lipinski definition) is 7. The predicted octanol–water partition coefficient (Wildman–Crippen LogP) is 2.26. The van der Waals surface area contributed by atoms with Crippen molar-refractivity contribution in [3.05, 3.63) is 30.5 Å². The minimum Gasteiger partial charge on any atom is -0.374 e. The van der Waals surface area contributed by atoms with Gasteiger partial charge in [0.05, 0.1) is 30.0 Å². The van der Waals surface area contributed by atoms with Crippen LogP contribution in [0.4, 0.5) is 5.69 Å². The van der Waals surface area contributed by atoms with Crippen LogP contribution in [0.3, 0.4) is 0 Å². The van der Waals surface area contributed by atoms with Crippen LogP contribution in [-0.4, -0.2) is 67.2 Å². The molecule has 9 heteroatoms. The lowest BCUT2D eigenvalue weighted by molar-refractivity contribution is -0.141. The van der Waals surface area contributed by atoms with Gasteiger partial charge in [0.25, 0.3) is 0 Å². The van der Waals surface area contributed by atoms with Gasteiger partial charge in [0.2, 0.25) is 5.91 Å². The van der Waals surface area contributed by atoms with Crippen LogP contribution in [0, 0.1) is 6.92 Å². The van der Waals surface area contributed by atoms with Crippen molar-refractivity contribution in [2.75, 3.05) is 25.0 Å². The molecule has 2 atom stereocenters. The Balaban J connectivity index is 1.59. The molecule has 4 rings (SSSR count). The molecule has 0 aromatic carbocycles. The number of anilines is 1. The highest BCUT2D eigenvalue weighted by molar-refractivity contribution is 5.90. The van der Waals surface area contributed by atoms with E-state index in [4.69, 9.17) is 9.72 Å². The second-order valence-corrected chi connectivity index (χ2v) is 7.64. The highest BCUT2D eigenvalue weighted by Crippen LogP contribution is 2.27. The number of aromatic nitrogens is 5. The largest absolute Gasteiger partial charge is 0.374 e. The molecule has 1 amide bonds. The van der Waals surface area contributed by atoms with E-state index in [1.54, 1.807) is 18.6 Å². The molecular weight excluding hydrogens is 382 g/mol. The van der Waals surface area contributed by atoms with Crippen molar-refractivity contribution in [3.63, 3.8) is 0 Å². The van der Waals surface area contributed by atoms with E-state index in [9.17, 15) is 4.79 Å². The minimum absolute atomic E-state index is 0.0454. The van der Waals surface area contributed by atoms with Crippen molar-refractivity contribution in [2.24, 2.45) is 0 Å². The van der Waals surface area contributed by atoms with E-state index >= 15 is 0 Å². The molecule has 0 radical (unpaired) electrons. The average Bonchev–Trinajstić information content (AvgIpc) is 3.11. The zero-order valence-electron chi connectivity index (χ0n) is 17.8. The molecule has 4 heterocycles. The number of hydrogen-bond donors (Lipinski definition) is 1. The number of pyridine rings is 1. The fourth-order valence-electron chi connectivity index (χ4n) is 3.85. The summed E-state index contributed by atoms with van der Waals surface area (Å²) in [5.74, 6) is 1.52. The standard InChI is InChI=1S/C21H27N7O2/c1-5-28-20(16-8-23-15(4)24-9-16)26-19-17(6-7-22-21(19)28)25-10-18(29)27-11-13(2)30-14(3)12-27/h6-9,13-14H,5,10-12H2,1-4H3,(H,22,25)/t13-,14+. The summed E-state index contributed by atoms with van der Waals surface area (Å²) in [6.45, 7) is 10.00. The molecule has 3 aromatic heterocycles. The number of fused-ring (bicyclic) bond motifs is 1. The summed E-state index contributed by atoms with van der Waals surface area (Å²) in [5, 5.41) is 3.26. The summed E-state index contributed by atoms with van der Waals surface area (Å²) in [4.78, 5) is 32.5. The molecule has 9 nitrogen and oxygen atoms in total. The lowest BCUT2D eigenvalue weighted by Crippen LogP contribution is -2.49. The summed E-state index contributed by atoms with van der Waals surface area (Å²) < 4.78 is 7.75. The number of amides is 1. The molecule has 0 saturated carbocycles. The molecule has 1 fully saturated rings. The second-order valence-electron chi connectivity index (χ2n) is 7.64. The van der Waals surface area contributed by atoms with E-state index in [2.05, 4.69) is 20.3 Å². The molecule has 0 aliphatic carbocycles. The first kappa shape index (κ1) is 20.2. The second kappa shape index (κ2) is 8.35. The summed E-state index contributed by atoms with van der Waals surface area (Å²) in [6, 6.07) is 1.85. The molecule has 1 saturated heterocycles. The first-order valence-electron chi connectivity index (χ1n) is 10.3. The Morgan fingerprint density at radius 2 is 1.90 bits per heavy atom. The average molecular weight is 409 g/mol. The monoisotopic (exact) mass is 409 g/mol. The number of nitrogens with zero attached hydrogens (tertiary/aromatic N) is 6. The summed E-state index contributed by atoms with van der Waals surface area (Å²) in [6.07, 6.45) is 5.37. The molecule has 158 valence electrons. The van der Waals surface area contributed by atoms with Crippen LogP contribution in [0.1, 0.15) is 26.6 Å². The van der Waals surface area contributed by atoms with Crippen molar-refractivity contribution in [1.29, 1.82) is 0 Å². The van der Waals surface area contributed by atoms with Crippen LogP contribution in [0.15, 0.2) is 24.7 Å². The van der Waals surface area contributed by atoms with Gasteiger partial charge in [0.1, 0.15) is 17.2 Å². The SMILES string of the molecule is CCn1c(-c2cnc(C)nc2)nc2c(NCC(=O)N3C[C@@H](C)O[C@@H](C)C3)ccnc21. The van der Waals surface area contributed by atoms with Gasteiger partial charge < -0.3 is 19.5 Å². The topological polar surface area (TPSA) is 98.1 Å². The van der Waals surface area contributed by atoms with E-state index < -0.39 is 0 Å². The van der Waals surface area contributed by atoms with Crippen molar-refractivity contribution < 1.29 is 9.53 Å². The minimum atomic E-state index is 0.0454. The Bertz CT molecular complexity index is 1040. The van der Waals surface area contributed by atoms with E-state index in [1.807, 2.05) is 43.2 Å². The third-order valence-corrected chi connectivity index (χ3v) is 5.19. The highest BCUT2D eigenvalue weighted by Gasteiger charge is 2.26. The Labute approximate surface area is 175 Å². The molecule has 0 spiro atoms. The van der Waals surface area contributed by atoms with Gasteiger partial charge in [0.15, 0.2) is 5.65 Å². The molecule has 0 unspecified atom stereocenters. The quantitative estimate of drug-likeness (QED) is 0.690. The molecule has 30 heavy (non-hydrogen) atoms. The van der Waals surface area contributed by atoms with Gasteiger partial charge in [0, 0.05) is 38.2 Å². The Kier molecular flexibility index (Phi) is 5.63. The van der Waals surface area contributed by atoms with Crippen LogP contribution in [-0.2, 0) is 16.1 Å². The van der Waals surface area contributed by atoms with Crippen LogP contribution in [0.2, 0.25) is 0 Å². The molecule has 1 N–H and O–H groups in total. The first-order valence-corrected chi connectivity index (χ1v) is 10.3. The van der Waals surface area contributed by atoms with Gasteiger partial charge >= 0.3 is 0 Å². The van der Waals surface area contributed by atoms with E-state index in [1.165, 1.54) is 0 Å². The summed E-state index contributed by atoms with van der Waals surface area (Å²) in [5.41, 5.74) is 3.11. The van der Waals surface area contributed by atoms with Crippen LogP contribution >= 0.6 is 0 Å². The summed E-state index contributed by atoms with van der Waals surface area (Å²) >= 11 is 0. The number of ether oxygens (including phenoxy) is 1. The lowest BCUT2D eigenvalue weighted by Gasteiger charge is -2.35. The Hall–Kier alpha value is -3.07. The van der Waals surface area contributed by atoms with Gasteiger partial charge in [-0.05, 0) is 33.8 Å². The van der Waals surface area contributed by atoms with Crippen LogP contribution in [0.25, 0.3) is 22.6 Å². The maximum atomic E-state index is 12.7. The molecule has 1 aliphatic heterocycles. The fraction of sp³-hybridized carbons (Fsp3) is 0.476.